The molecular formula is C18H30N4O2. The first-order valence-corrected chi connectivity index (χ1v) is 8.54. The number of pyridine rings is 1. The molecule has 0 bridgehead atoms. The number of nitrogens with one attached hydrogen (secondary N) is 1. The summed E-state index contributed by atoms with van der Waals surface area (Å²) in [6, 6.07) is 3.78. The molecule has 1 aromatic heterocycles. The second kappa shape index (κ2) is 7.83. The number of hydrogen-bond donors (Lipinski definition) is 1. The van der Waals surface area contributed by atoms with Crippen LogP contribution in [-0.4, -0.2) is 60.1 Å². The topological polar surface area (TPSA) is 57.7 Å². The molecule has 1 fully saturated rings. The number of rotatable bonds is 5. The van der Waals surface area contributed by atoms with Crippen molar-refractivity contribution in [3.8, 4) is 5.88 Å². The molecule has 24 heavy (non-hydrogen) atoms. The zero-order chi connectivity index (χ0) is 17.7. The molecule has 0 aromatic carbocycles. The van der Waals surface area contributed by atoms with E-state index in [1.165, 1.54) is 0 Å². The summed E-state index contributed by atoms with van der Waals surface area (Å²) in [5.74, 6) is 1.15. The minimum Gasteiger partial charge on any atom is -0.472 e. The van der Waals surface area contributed by atoms with Gasteiger partial charge in [-0.2, -0.15) is 0 Å². The third-order valence-electron chi connectivity index (χ3n) is 3.85. The lowest BCUT2D eigenvalue weighted by molar-refractivity contribution is 0.124. The zero-order valence-corrected chi connectivity index (χ0v) is 15.5. The molecule has 0 unspecified atom stereocenters. The van der Waals surface area contributed by atoms with E-state index in [2.05, 4.69) is 29.3 Å². The lowest BCUT2D eigenvalue weighted by Crippen LogP contribution is -2.38. The van der Waals surface area contributed by atoms with Crippen LogP contribution in [0.1, 0.15) is 32.8 Å². The molecule has 1 atom stereocenters. The third-order valence-corrected chi connectivity index (χ3v) is 3.85. The Morgan fingerprint density at radius 2 is 2.21 bits per heavy atom. The minimum atomic E-state index is -0.286. The van der Waals surface area contributed by atoms with E-state index >= 15 is 0 Å². The first-order chi connectivity index (χ1) is 11.2. The molecule has 0 saturated carbocycles. The minimum absolute atomic E-state index is 0.00589. The van der Waals surface area contributed by atoms with Crippen molar-refractivity contribution in [1.82, 2.24) is 20.1 Å². The summed E-state index contributed by atoms with van der Waals surface area (Å²) in [7, 11) is 4.15. The monoisotopic (exact) mass is 334 g/mol. The Balaban J connectivity index is 1.83. The van der Waals surface area contributed by atoms with Crippen molar-refractivity contribution in [3.63, 3.8) is 0 Å². The van der Waals surface area contributed by atoms with E-state index in [-0.39, 0.29) is 11.6 Å². The SMILES string of the molecule is CN(C)C[C@@H]1CCN(C(=O)NCc2ccnc(OC(C)(C)C)c2)C1. The predicted octanol–water partition coefficient (Wildman–Crippen LogP) is 2.35. The summed E-state index contributed by atoms with van der Waals surface area (Å²) in [5, 5.41) is 2.99. The average molecular weight is 334 g/mol. The molecule has 2 heterocycles. The van der Waals surface area contributed by atoms with E-state index in [1.54, 1.807) is 6.20 Å². The smallest absolute Gasteiger partial charge is 0.317 e. The van der Waals surface area contributed by atoms with Crippen molar-refractivity contribution in [2.24, 2.45) is 5.92 Å². The van der Waals surface area contributed by atoms with Crippen molar-refractivity contribution in [3.05, 3.63) is 23.9 Å². The number of ether oxygens (including phenoxy) is 1. The number of hydrogen-bond acceptors (Lipinski definition) is 4. The van der Waals surface area contributed by atoms with Gasteiger partial charge >= 0.3 is 6.03 Å². The number of aromatic nitrogens is 1. The second-order valence-corrected chi connectivity index (χ2v) is 7.74. The number of carbonyl (C=O) groups is 1. The van der Waals surface area contributed by atoms with Crippen molar-refractivity contribution in [2.45, 2.75) is 39.3 Å². The van der Waals surface area contributed by atoms with Gasteiger partial charge in [0.05, 0.1) is 0 Å². The highest BCUT2D eigenvalue weighted by Gasteiger charge is 2.26. The van der Waals surface area contributed by atoms with Crippen LogP contribution in [0.15, 0.2) is 18.3 Å². The van der Waals surface area contributed by atoms with Crippen molar-refractivity contribution in [2.75, 3.05) is 33.7 Å². The van der Waals surface area contributed by atoms with Crippen LogP contribution in [-0.2, 0) is 6.54 Å². The summed E-state index contributed by atoms with van der Waals surface area (Å²) >= 11 is 0. The van der Waals surface area contributed by atoms with Crippen LogP contribution in [0.2, 0.25) is 0 Å². The van der Waals surface area contributed by atoms with Gasteiger partial charge < -0.3 is 19.9 Å². The predicted molar refractivity (Wildman–Crippen MR) is 95.1 cm³/mol. The molecule has 1 aliphatic rings. The fraction of sp³-hybridized carbons (Fsp3) is 0.667. The first kappa shape index (κ1) is 18.5. The van der Waals surface area contributed by atoms with Crippen LogP contribution < -0.4 is 10.1 Å². The number of likely N-dealkylation sites (tertiary alicyclic amines) is 1. The fourth-order valence-corrected chi connectivity index (χ4v) is 2.90. The van der Waals surface area contributed by atoms with Gasteiger partial charge in [0.15, 0.2) is 0 Å². The molecule has 1 saturated heterocycles. The van der Waals surface area contributed by atoms with Crippen molar-refractivity contribution < 1.29 is 9.53 Å². The maximum absolute atomic E-state index is 12.3. The van der Waals surface area contributed by atoms with Crippen LogP contribution in [0.4, 0.5) is 4.79 Å². The molecule has 1 aromatic rings. The molecule has 0 aliphatic carbocycles. The zero-order valence-electron chi connectivity index (χ0n) is 15.5. The van der Waals surface area contributed by atoms with Gasteiger partial charge in [-0.1, -0.05) is 0 Å². The molecule has 1 aliphatic heterocycles. The van der Waals surface area contributed by atoms with Gasteiger partial charge in [0, 0.05) is 38.4 Å². The summed E-state index contributed by atoms with van der Waals surface area (Å²) in [4.78, 5) is 20.6. The second-order valence-electron chi connectivity index (χ2n) is 7.74. The van der Waals surface area contributed by atoms with E-state index in [0.29, 0.717) is 18.3 Å². The highest BCUT2D eigenvalue weighted by molar-refractivity contribution is 5.74. The molecule has 2 rings (SSSR count). The fourth-order valence-electron chi connectivity index (χ4n) is 2.90. The standard InChI is InChI=1S/C18H30N4O2/c1-18(2,3)24-16-10-14(6-8-19-16)11-20-17(23)22-9-7-15(13-22)12-21(4)5/h6,8,10,15H,7,9,11-13H2,1-5H3,(H,20,23)/t15-/m0/s1. The number of nitrogens with zero attached hydrogens (tertiary/aromatic N) is 3. The van der Waals surface area contributed by atoms with Gasteiger partial charge in [0.25, 0.3) is 0 Å². The van der Waals surface area contributed by atoms with E-state index in [9.17, 15) is 4.79 Å². The van der Waals surface area contributed by atoms with E-state index in [0.717, 1.165) is 31.6 Å². The number of amides is 2. The Labute approximate surface area is 145 Å². The third kappa shape index (κ3) is 6.00. The molecular weight excluding hydrogens is 304 g/mol. The van der Waals surface area contributed by atoms with Crippen molar-refractivity contribution in [1.29, 1.82) is 0 Å². The van der Waals surface area contributed by atoms with Crippen LogP contribution in [0.25, 0.3) is 0 Å². The highest BCUT2D eigenvalue weighted by Crippen LogP contribution is 2.18. The maximum Gasteiger partial charge on any atom is 0.317 e. The van der Waals surface area contributed by atoms with Gasteiger partial charge in [-0.15, -0.1) is 0 Å². The lowest BCUT2D eigenvalue weighted by Gasteiger charge is -2.21. The summed E-state index contributed by atoms with van der Waals surface area (Å²) < 4.78 is 5.76. The molecule has 6 heteroatoms. The van der Waals surface area contributed by atoms with Crippen LogP contribution in [0.5, 0.6) is 5.88 Å². The molecule has 0 radical (unpaired) electrons. The number of carbonyl (C=O) groups excluding carboxylic acids is 1. The summed E-state index contributed by atoms with van der Waals surface area (Å²) in [5.41, 5.74) is 0.702. The molecule has 2 amide bonds. The Morgan fingerprint density at radius 3 is 2.88 bits per heavy atom. The van der Waals surface area contributed by atoms with Gasteiger partial charge in [-0.05, 0) is 58.8 Å². The lowest BCUT2D eigenvalue weighted by atomic mass is 10.1. The van der Waals surface area contributed by atoms with Gasteiger partial charge in [0.2, 0.25) is 5.88 Å². The molecule has 134 valence electrons. The number of urea groups is 1. The average Bonchev–Trinajstić information content (AvgIpc) is 2.91. The van der Waals surface area contributed by atoms with Gasteiger partial charge in [0.1, 0.15) is 5.60 Å². The van der Waals surface area contributed by atoms with Crippen LogP contribution in [0.3, 0.4) is 0 Å². The van der Waals surface area contributed by atoms with Crippen LogP contribution in [0, 0.1) is 5.92 Å². The summed E-state index contributed by atoms with van der Waals surface area (Å²) in [6.45, 7) is 9.14. The van der Waals surface area contributed by atoms with Gasteiger partial charge in [-0.3, -0.25) is 0 Å². The quantitative estimate of drug-likeness (QED) is 0.898. The largest absolute Gasteiger partial charge is 0.472 e. The highest BCUT2D eigenvalue weighted by atomic mass is 16.5. The van der Waals surface area contributed by atoms with E-state index in [4.69, 9.17) is 4.74 Å². The van der Waals surface area contributed by atoms with E-state index in [1.807, 2.05) is 37.8 Å². The van der Waals surface area contributed by atoms with Crippen molar-refractivity contribution >= 4 is 6.03 Å². The molecule has 0 spiro atoms. The first-order valence-electron chi connectivity index (χ1n) is 8.54. The Hall–Kier alpha value is -1.82. The molecule has 1 N–H and O–H groups in total. The maximum atomic E-state index is 12.3. The Bertz CT molecular complexity index is 554. The summed E-state index contributed by atoms with van der Waals surface area (Å²) in [6.07, 6.45) is 2.79. The Kier molecular flexibility index (Phi) is 6.04. The Morgan fingerprint density at radius 1 is 1.46 bits per heavy atom. The van der Waals surface area contributed by atoms with Gasteiger partial charge in [-0.25, -0.2) is 9.78 Å². The van der Waals surface area contributed by atoms with E-state index < -0.39 is 0 Å². The molecule has 6 nitrogen and oxygen atoms in total. The van der Waals surface area contributed by atoms with Crippen LogP contribution >= 0.6 is 0 Å². The normalized spacial score (nSPS) is 18.1.